The number of benzene rings is 1. The van der Waals surface area contributed by atoms with Crippen LogP contribution in [0.4, 0.5) is 15.8 Å². The molecule has 0 atom stereocenters. The van der Waals surface area contributed by atoms with Crippen molar-refractivity contribution in [1.82, 2.24) is 0 Å². The van der Waals surface area contributed by atoms with E-state index in [1.165, 1.54) is 6.07 Å². The second-order valence-corrected chi connectivity index (χ2v) is 5.29. The Morgan fingerprint density at radius 2 is 2.00 bits per heavy atom. The third-order valence-electron chi connectivity index (χ3n) is 2.72. The summed E-state index contributed by atoms with van der Waals surface area (Å²) in [6.45, 7) is 5.23. The minimum Gasteiger partial charge on any atom is -0.462 e. The van der Waals surface area contributed by atoms with Crippen LogP contribution in [0.3, 0.4) is 0 Å². The molecule has 1 rings (SSSR count). The third kappa shape index (κ3) is 4.62. The number of esters is 1. The molecule has 1 aromatic rings. The van der Waals surface area contributed by atoms with Gasteiger partial charge in [0, 0.05) is 17.6 Å². The first-order chi connectivity index (χ1) is 9.66. The second kappa shape index (κ2) is 6.43. The van der Waals surface area contributed by atoms with Gasteiger partial charge in [0.05, 0.1) is 17.9 Å². The number of ether oxygens (including phenoxy) is 1. The van der Waals surface area contributed by atoms with Crippen LogP contribution in [-0.2, 0) is 9.53 Å². The maximum atomic E-state index is 13.9. The first-order valence-electron chi connectivity index (χ1n) is 6.49. The predicted molar refractivity (Wildman–Crippen MR) is 78.3 cm³/mol. The van der Waals surface area contributed by atoms with Gasteiger partial charge in [0.25, 0.3) is 0 Å². The normalized spacial score (nSPS) is 11.0. The molecule has 0 aliphatic carbocycles. The van der Waals surface area contributed by atoms with Crippen LogP contribution in [0.2, 0.25) is 0 Å². The van der Waals surface area contributed by atoms with Crippen molar-refractivity contribution in [1.29, 1.82) is 0 Å². The molecule has 21 heavy (non-hydrogen) atoms. The van der Waals surface area contributed by atoms with Crippen molar-refractivity contribution in [2.24, 2.45) is 5.73 Å². The zero-order valence-electron chi connectivity index (χ0n) is 12.3. The van der Waals surface area contributed by atoms with Gasteiger partial charge < -0.3 is 21.5 Å². The Labute approximate surface area is 122 Å². The number of primary amides is 1. The Kier molecular flexibility index (Phi) is 5.12. The van der Waals surface area contributed by atoms with E-state index < -0.39 is 23.2 Å². The Morgan fingerprint density at radius 3 is 2.52 bits per heavy atom. The van der Waals surface area contributed by atoms with Crippen LogP contribution in [0.1, 0.15) is 37.6 Å². The summed E-state index contributed by atoms with van der Waals surface area (Å²) in [5.41, 5.74) is 10.1. The Balaban J connectivity index is 3.10. The monoisotopic (exact) mass is 297 g/mol. The van der Waals surface area contributed by atoms with Crippen molar-refractivity contribution in [3.63, 3.8) is 0 Å². The highest BCUT2D eigenvalue weighted by atomic mass is 19.1. The number of nitrogens with one attached hydrogen (secondary N) is 1. The first kappa shape index (κ1) is 16.7. The molecule has 0 bridgehead atoms. The van der Waals surface area contributed by atoms with Gasteiger partial charge in [0.15, 0.2) is 0 Å². The van der Waals surface area contributed by atoms with Crippen molar-refractivity contribution >= 4 is 23.3 Å². The molecule has 0 heterocycles. The van der Waals surface area contributed by atoms with E-state index in [1.54, 1.807) is 20.8 Å². The molecular weight excluding hydrogens is 277 g/mol. The molecule has 0 saturated carbocycles. The number of hydrogen-bond donors (Lipinski definition) is 3. The summed E-state index contributed by atoms with van der Waals surface area (Å²) in [5.74, 6) is -1.78. The number of carbonyl (C=O) groups is 2. The summed E-state index contributed by atoms with van der Waals surface area (Å²) in [7, 11) is 0. The van der Waals surface area contributed by atoms with E-state index in [0.717, 1.165) is 6.07 Å². The Morgan fingerprint density at radius 1 is 1.38 bits per heavy atom. The van der Waals surface area contributed by atoms with Crippen molar-refractivity contribution < 1.29 is 18.7 Å². The molecule has 0 spiro atoms. The minimum atomic E-state index is -0.769. The van der Waals surface area contributed by atoms with Gasteiger partial charge in [-0.25, -0.2) is 9.18 Å². The van der Waals surface area contributed by atoms with Crippen LogP contribution in [0.15, 0.2) is 12.1 Å². The molecule has 116 valence electrons. The number of carbonyl (C=O) groups excluding carboxylic acids is 2. The largest absolute Gasteiger partial charge is 0.462 e. The number of rotatable bonds is 6. The van der Waals surface area contributed by atoms with Crippen molar-refractivity contribution in [2.45, 2.75) is 32.7 Å². The van der Waals surface area contributed by atoms with Gasteiger partial charge in [-0.2, -0.15) is 0 Å². The number of halogens is 1. The van der Waals surface area contributed by atoms with Crippen LogP contribution >= 0.6 is 0 Å². The molecule has 6 nitrogen and oxygen atoms in total. The molecule has 0 saturated heterocycles. The lowest BCUT2D eigenvalue weighted by Crippen LogP contribution is -2.36. The van der Waals surface area contributed by atoms with Gasteiger partial charge >= 0.3 is 5.97 Å². The van der Waals surface area contributed by atoms with Gasteiger partial charge in [-0.15, -0.1) is 0 Å². The highest BCUT2D eigenvalue weighted by molar-refractivity contribution is 5.96. The summed E-state index contributed by atoms with van der Waals surface area (Å²) in [5, 5.41) is 2.84. The molecule has 0 aliphatic heterocycles. The summed E-state index contributed by atoms with van der Waals surface area (Å²) in [6.07, 6.45) is 0.00551. The lowest BCUT2D eigenvalue weighted by Gasteiger charge is -2.26. The number of hydrogen-bond acceptors (Lipinski definition) is 5. The van der Waals surface area contributed by atoms with Crippen LogP contribution in [0, 0.1) is 5.82 Å². The fourth-order valence-electron chi connectivity index (χ4n) is 1.91. The predicted octanol–water partition coefficient (Wildman–Crippen LogP) is 1.65. The number of nitrogen functional groups attached to an aromatic ring is 1. The smallest absolute Gasteiger partial charge is 0.340 e. The molecule has 0 radical (unpaired) electrons. The molecular formula is C14H20FN3O3. The van der Waals surface area contributed by atoms with Crippen LogP contribution in [0.5, 0.6) is 0 Å². The molecule has 0 aromatic heterocycles. The SMILES string of the molecule is CCOC(=O)c1cc(NC(C)(C)CC(N)=O)c(F)cc1N. The molecule has 0 aliphatic rings. The molecule has 5 N–H and O–H groups in total. The summed E-state index contributed by atoms with van der Waals surface area (Å²) in [4.78, 5) is 22.7. The minimum absolute atomic E-state index is 0.00551. The number of anilines is 2. The molecule has 7 heteroatoms. The van der Waals surface area contributed by atoms with Gasteiger partial charge in [0.1, 0.15) is 5.82 Å². The fraction of sp³-hybridized carbons (Fsp3) is 0.429. The third-order valence-corrected chi connectivity index (χ3v) is 2.72. The van der Waals surface area contributed by atoms with E-state index in [1.807, 2.05) is 0 Å². The second-order valence-electron chi connectivity index (χ2n) is 5.29. The Bertz CT molecular complexity index is 559. The zero-order chi connectivity index (χ0) is 16.2. The van der Waals surface area contributed by atoms with Gasteiger partial charge in [0.2, 0.25) is 5.91 Å². The maximum Gasteiger partial charge on any atom is 0.340 e. The van der Waals surface area contributed by atoms with Crippen LogP contribution < -0.4 is 16.8 Å². The van der Waals surface area contributed by atoms with Gasteiger partial charge in [-0.1, -0.05) is 0 Å². The average molecular weight is 297 g/mol. The zero-order valence-corrected chi connectivity index (χ0v) is 12.3. The highest BCUT2D eigenvalue weighted by Crippen LogP contribution is 2.26. The molecule has 1 aromatic carbocycles. The van der Waals surface area contributed by atoms with Crippen molar-refractivity contribution in [3.05, 3.63) is 23.5 Å². The number of amides is 1. The quantitative estimate of drug-likeness (QED) is 0.546. The standard InChI is InChI=1S/C14H20FN3O3/c1-4-21-13(20)8-5-11(9(15)6-10(8)16)18-14(2,3)7-12(17)19/h5-6,18H,4,7,16H2,1-3H3,(H2,17,19). The highest BCUT2D eigenvalue weighted by Gasteiger charge is 2.23. The lowest BCUT2D eigenvalue weighted by molar-refractivity contribution is -0.118. The van der Waals surface area contributed by atoms with Crippen LogP contribution in [-0.4, -0.2) is 24.0 Å². The van der Waals surface area contributed by atoms with Gasteiger partial charge in [-0.3, -0.25) is 4.79 Å². The van der Waals surface area contributed by atoms with E-state index in [4.69, 9.17) is 16.2 Å². The summed E-state index contributed by atoms with van der Waals surface area (Å²) < 4.78 is 18.8. The van der Waals surface area contributed by atoms with E-state index >= 15 is 0 Å². The number of nitrogens with two attached hydrogens (primary N) is 2. The van der Waals surface area contributed by atoms with E-state index in [2.05, 4.69) is 5.32 Å². The maximum absolute atomic E-state index is 13.9. The average Bonchev–Trinajstić information content (AvgIpc) is 2.30. The molecule has 1 amide bonds. The van der Waals surface area contributed by atoms with Gasteiger partial charge in [-0.05, 0) is 32.9 Å². The molecule has 0 unspecified atom stereocenters. The fourth-order valence-corrected chi connectivity index (χ4v) is 1.91. The van der Waals surface area contributed by atoms with Crippen LogP contribution in [0.25, 0.3) is 0 Å². The van der Waals surface area contributed by atoms with E-state index in [0.29, 0.717) is 0 Å². The summed E-state index contributed by atoms with van der Waals surface area (Å²) >= 11 is 0. The Hall–Kier alpha value is -2.31. The van der Waals surface area contributed by atoms with Crippen molar-refractivity contribution in [2.75, 3.05) is 17.7 Å². The lowest BCUT2D eigenvalue weighted by atomic mass is 9.99. The first-order valence-corrected chi connectivity index (χ1v) is 6.49. The molecule has 0 fully saturated rings. The topological polar surface area (TPSA) is 107 Å². The summed E-state index contributed by atoms with van der Waals surface area (Å²) in [6, 6.07) is 2.31. The van der Waals surface area contributed by atoms with E-state index in [9.17, 15) is 14.0 Å². The van der Waals surface area contributed by atoms with Crippen molar-refractivity contribution in [3.8, 4) is 0 Å². The van der Waals surface area contributed by atoms with E-state index in [-0.39, 0.29) is 30.0 Å².